The van der Waals surface area contributed by atoms with Crippen LogP contribution < -0.4 is 9.84 Å². The van der Waals surface area contributed by atoms with Gasteiger partial charge in [0.15, 0.2) is 0 Å². The molecule has 2 rings (SSSR count). The van der Waals surface area contributed by atoms with E-state index in [-0.39, 0.29) is 11.0 Å². The fraction of sp³-hybridized carbons (Fsp3) is 0.278. The summed E-state index contributed by atoms with van der Waals surface area (Å²) in [5.74, 6) is -0.311. The topological polar surface area (TPSA) is 49.4 Å². The van der Waals surface area contributed by atoms with E-state index in [4.69, 9.17) is 4.74 Å². The van der Waals surface area contributed by atoms with Gasteiger partial charge >= 0.3 is 0 Å². The van der Waals surface area contributed by atoms with E-state index in [1.54, 1.807) is 12.1 Å². The van der Waals surface area contributed by atoms with Gasteiger partial charge in [0.2, 0.25) is 0 Å². The van der Waals surface area contributed by atoms with Crippen molar-refractivity contribution in [2.45, 2.75) is 32.8 Å². The van der Waals surface area contributed by atoms with E-state index in [2.05, 4.69) is 26.8 Å². The highest BCUT2D eigenvalue weighted by atomic mass is 16.5. The van der Waals surface area contributed by atoms with Crippen molar-refractivity contribution in [3.8, 4) is 5.75 Å². The van der Waals surface area contributed by atoms with Crippen molar-refractivity contribution < 1.29 is 14.6 Å². The normalized spacial score (nSPS) is 11.2. The van der Waals surface area contributed by atoms with Gasteiger partial charge in [-0.05, 0) is 28.2 Å². The zero-order chi connectivity index (χ0) is 15.5. The highest BCUT2D eigenvalue weighted by Crippen LogP contribution is 2.31. The van der Waals surface area contributed by atoms with Gasteiger partial charge in [0.1, 0.15) is 12.4 Å². The minimum atomic E-state index is -1.17. The highest BCUT2D eigenvalue weighted by molar-refractivity contribution is 5.85. The smallest absolute Gasteiger partial charge is 0.123 e. The molecule has 0 saturated heterocycles. The molecule has 0 aromatic heterocycles. The number of carbonyl (C=O) groups excluding carboxylic acids is 1. The SMILES string of the molecule is CC(C)(C)c1ccccc1OCc1ccc(C(=O)[O-])cc1. The van der Waals surface area contributed by atoms with Crippen LogP contribution in [0.1, 0.15) is 42.3 Å². The second-order valence-corrected chi connectivity index (χ2v) is 6.02. The summed E-state index contributed by atoms with van der Waals surface area (Å²) < 4.78 is 5.89. The van der Waals surface area contributed by atoms with Gasteiger partial charge in [-0.25, -0.2) is 0 Å². The minimum absolute atomic E-state index is 0.00935. The molecule has 0 saturated carbocycles. The third-order valence-electron chi connectivity index (χ3n) is 3.28. The Bertz CT molecular complexity index is 622. The van der Waals surface area contributed by atoms with Crippen molar-refractivity contribution in [3.63, 3.8) is 0 Å². The van der Waals surface area contributed by atoms with Gasteiger partial charge < -0.3 is 14.6 Å². The standard InChI is InChI=1S/C18H20O3/c1-18(2,3)15-6-4-5-7-16(15)21-12-13-8-10-14(11-9-13)17(19)20/h4-11H,12H2,1-3H3,(H,19,20)/p-1. The Hall–Kier alpha value is -2.29. The monoisotopic (exact) mass is 283 g/mol. The molecule has 0 fully saturated rings. The van der Waals surface area contributed by atoms with Crippen LogP contribution in [0.25, 0.3) is 0 Å². The molecule has 0 aliphatic heterocycles. The lowest BCUT2D eigenvalue weighted by molar-refractivity contribution is -0.255. The van der Waals surface area contributed by atoms with Crippen LogP contribution in [0.2, 0.25) is 0 Å². The largest absolute Gasteiger partial charge is 0.545 e. The van der Waals surface area contributed by atoms with Crippen molar-refractivity contribution >= 4 is 5.97 Å². The van der Waals surface area contributed by atoms with Crippen LogP contribution in [0.4, 0.5) is 0 Å². The van der Waals surface area contributed by atoms with Gasteiger partial charge in [-0.1, -0.05) is 63.2 Å². The first-order chi connectivity index (χ1) is 9.88. The van der Waals surface area contributed by atoms with Crippen molar-refractivity contribution in [3.05, 3.63) is 65.2 Å². The maximum Gasteiger partial charge on any atom is 0.123 e. The number of hydrogen-bond acceptors (Lipinski definition) is 3. The molecule has 0 amide bonds. The molecule has 0 bridgehead atoms. The van der Waals surface area contributed by atoms with Crippen molar-refractivity contribution in [1.29, 1.82) is 0 Å². The lowest BCUT2D eigenvalue weighted by Gasteiger charge is -2.22. The molecule has 0 aliphatic rings. The van der Waals surface area contributed by atoms with E-state index in [0.29, 0.717) is 6.61 Å². The molecule has 110 valence electrons. The first-order valence-electron chi connectivity index (χ1n) is 6.90. The zero-order valence-corrected chi connectivity index (χ0v) is 12.6. The number of benzene rings is 2. The summed E-state index contributed by atoms with van der Waals surface area (Å²) in [5, 5.41) is 10.7. The molecule has 0 unspecified atom stereocenters. The summed E-state index contributed by atoms with van der Waals surface area (Å²) >= 11 is 0. The Morgan fingerprint density at radius 1 is 1.05 bits per heavy atom. The number of para-hydroxylation sites is 1. The summed E-state index contributed by atoms with van der Waals surface area (Å²) in [4.78, 5) is 10.7. The second-order valence-electron chi connectivity index (χ2n) is 6.02. The van der Waals surface area contributed by atoms with Crippen molar-refractivity contribution in [2.75, 3.05) is 0 Å². The predicted octanol–water partition coefficient (Wildman–Crippen LogP) is 2.93. The van der Waals surface area contributed by atoms with Crippen molar-refractivity contribution in [2.24, 2.45) is 0 Å². The molecule has 0 atom stereocenters. The van der Waals surface area contributed by atoms with Gasteiger partial charge in [-0.15, -0.1) is 0 Å². The molecular weight excluding hydrogens is 264 g/mol. The quantitative estimate of drug-likeness (QED) is 0.867. The van der Waals surface area contributed by atoms with Gasteiger partial charge in [0.25, 0.3) is 0 Å². The fourth-order valence-electron chi connectivity index (χ4n) is 2.11. The number of carbonyl (C=O) groups is 1. The van der Waals surface area contributed by atoms with E-state index in [1.165, 1.54) is 12.1 Å². The van der Waals surface area contributed by atoms with Crippen LogP contribution in [0.3, 0.4) is 0 Å². The number of rotatable bonds is 4. The van der Waals surface area contributed by atoms with Crippen LogP contribution in [-0.4, -0.2) is 5.97 Å². The number of hydrogen-bond donors (Lipinski definition) is 0. The van der Waals surface area contributed by atoms with E-state index >= 15 is 0 Å². The van der Waals surface area contributed by atoms with Crippen LogP contribution in [0.15, 0.2) is 48.5 Å². The summed E-state index contributed by atoms with van der Waals surface area (Å²) in [6.45, 7) is 6.83. The number of ether oxygens (including phenoxy) is 1. The molecular formula is C18H19O3-. The second kappa shape index (κ2) is 6.00. The molecule has 3 nitrogen and oxygen atoms in total. The number of aromatic carboxylic acids is 1. The van der Waals surface area contributed by atoms with E-state index in [0.717, 1.165) is 16.9 Å². The molecule has 0 N–H and O–H groups in total. The molecule has 2 aromatic rings. The first kappa shape index (κ1) is 15.1. The Kier molecular flexibility index (Phi) is 4.32. The van der Waals surface area contributed by atoms with E-state index in [1.807, 2.05) is 18.2 Å². The number of carboxylic acids is 1. The molecule has 0 radical (unpaired) electrons. The molecule has 0 spiro atoms. The molecule has 21 heavy (non-hydrogen) atoms. The predicted molar refractivity (Wildman–Crippen MR) is 80.2 cm³/mol. The van der Waals surface area contributed by atoms with Crippen LogP contribution in [-0.2, 0) is 12.0 Å². The maximum absolute atomic E-state index is 10.7. The van der Waals surface area contributed by atoms with E-state index < -0.39 is 5.97 Å². The Morgan fingerprint density at radius 2 is 1.67 bits per heavy atom. The lowest BCUT2D eigenvalue weighted by Crippen LogP contribution is -2.22. The van der Waals surface area contributed by atoms with Crippen LogP contribution >= 0.6 is 0 Å². The summed E-state index contributed by atoms with van der Waals surface area (Å²) in [6.07, 6.45) is 0. The van der Waals surface area contributed by atoms with Gasteiger partial charge in [-0.3, -0.25) is 0 Å². The molecule has 2 aromatic carbocycles. The van der Waals surface area contributed by atoms with E-state index in [9.17, 15) is 9.90 Å². The maximum atomic E-state index is 10.7. The average molecular weight is 283 g/mol. The fourth-order valence-corrected chi connectivity index (χ4v) is 2.11. The number of carboxylic acid groups (broad SMARTS) is 1. The summed E-state index contributed by atoms with van der Waals surface area (Å²) in [5.41, 5.74) is 2.25. The third kappa shape index (κ3) is 3.85. The average Bonchev–Trinajstić information content (AvgIpc) is 2.45. The Morgan fingerprint density at radius 3 is 2.24 bits per heavy atom. The summed E-state index contributed by atoms with van der Waals surface area (Å²) in [7, 11) is 0. The van der Waals surface area contributed by atoms with Gasteiger partial charge in [-0.2, -0.15) is 0 Å². The Balaban J connectivity index is 2.12. The van der Waals surface area contributed by atoms with Crippen LogP contribution in [0.5, 0.6) is 5.75 Å². The van der Waals surface area contributed by atoms with Crippen molar-refractivity contribution in [1.82, 2.24) is 0 Å². The van der Waals surface area contributed by atoms with Gasteiger partial charge in [0.05, 0.1) is 5.97 Å². The van der Waals surface area contributed by atoms with Crippen LogP contribution in [0, 0.1) is 0 Å². The molecule has 0 aliphatic carbocycles. The zero-order valence-electron chi connectivity index (χ0n) is 12.6. The first-order valence-corrected chi connectivity index (χ1v) is 6.90. The lowest BCUT2D eigenvalue weighted by atomic mass is 9.86. The Labute approximate surface area is 125 Å². The third-order valence-corrected chi connectivity index (χ3v) is 3.28. The minimum Gasteiger partial charge on any atom is -0.545 e. The summed E-state index contributed by atoms with van der Waals surface area (Å²) in [6, 6.07) is 14.5. The van der Waals surface area contributed by atoms with Gasteiger partial charge in [0, 0.05) is 0 Å². The highest BCUT2D eigenvalue weighted by Gasteiger charge is 2.18. The molecule has 3 heteroatoms. The molecule has 0 heterocycles.